The van der Waals surface area contributed by atoms with E-state index in [1.165, 1.54) is 16.4 Å². The first-order valence-electron chi connectivity index (χ1n) is 9.90. The van der Waals surface area contributed by atoms with Gasteiger partial charge in [0.15, 0.2) is 0 Å². The predicted molar refractivity (Wildman–Crippen MR) is 124 cm³/mol. The Morgan fingerprint density at radius 3 is 2.53 bits per heavy atom. The van der Waals surface area contributed by atoms with Gasteiger partial charge in [0, 0.05) is 11.4 Å². The molecule has 0 spiro atoms. The third-order valence-corrected chi connectivity index (χ3v) is 5.48. The van der Waals surface area contributed by atoms with Crippen LogP contribution in [-0.4, -0.2) is 36.3 Å². The van der Waals surface area contributed by atoms with Crippen molar-refractivity contribution in [2.75, 3.05) is 16.9 Å². The van der Waals surface area contributed by atoms with Gasteiger partial charge in [0.25, 0.3) is 5.95 Å². The minimum absolute atomic E-state index is 0.133. The second kappa shape index (κ2) is 9.15. The number of anilines is 1. The number of benzene rings is 2. The number of rotatable bonds is 7. The Morgan fingerprint density at radius 2 is 1.84 bits per heavy atom. The Hall–Kier alpha value is -3.79. The summed E-state index contributed by atoms with van der Waals surface area (Å²) in [5.74, 6) is 7.91. The van der Waals surface area contributed by atoms with Crippen molar-refractivity contribution in [3.63, 3.8) is 0 Å². The summed E-state index contributed by atoms with van der Waals surface area (Å²) >= 11 is 1.20. The number of aromatic nitrogens is 5. The first-order valence-corrected chi connectivity index (χ1v) is 10.9. The summed E-state index contributed by atoms with van der Waals surface area (Å²) in [4.78, 5) is 12.4. The lowest BCUT2D eigenvalue weighted by atomic mass is 10.2. The number of hydrogen-bond donors (Lipinski definition) is 2. The Bertz CT molecular complexity index is 1250. The van der Waals surface area contributed by atoms with Gasteiger partial charge < -0.3 is 15.9 Å². The van der Waals surface area contributed by atoms with Crippen molar-refractivity contribution in [3.05, 3.63) is 71.5 Å². The normalized spacial score (nSPS) is 10.8. The molecule has 0 atom stereocenters. The Kier molecular flexibility index (Phi) is 6.13. The molecule has 0 fully saturated rings. The molecule has 2 aromatic heterocycles. The summed E-state index contributed by atoms with van der Waals surface area (Å²) in [5, 5.41) is 15.8. The van der Waals surface area contributed by atoms with Crippen LogP contribution in [0, 0.1) is 20.8 Å². The molecule has 0 saturated heterocycles. The number of aryl methyl sites for hydroxylation is 3. The van der Waals surface area contributed by atoms with E-state index in [1.54, 1.807) is 16.8 Å². The van der Waals surface area contributed by atoms with Gasteiger partial charge in [-0.2, -0.15) is 5.10 Å². The van der Waals surface area contributed by atoms with Crippen LogP contribution in [0.1, 0.15) is 17.0 Å². The lowest BCUT2D eigenvalue weighted by Gasteiger charge is -2.09. The Morgan fingerprint density at radius 1 is 1.06 bits per heavy atom. The van der Waals surface area contributed by atoms with Crippen LogP contribution in [0.2, 0.25) is 0 Å². The summed E-state index contributed by atoms with van der Waals surface area (Å²) in [5.41, 5.74) is 3.55. The minimum atomic E-state index is -0.182. The summed E-state index contributed by atoms with van der Waals surface area (Å²) in [6, 6.07) is 16.9. The van der Waals surface area contributed by atoms with Gasteiger partial charge in [0.05, 0.1) is 11.4 Å². The zero-order valence-corrected chi connectivity index (χ0v) is 18.8. The van der Waals surface area contributed by atoms with Crippen molar-refractivity contribution in [2.45, 2.75) is 25.9 Å². The molecule has 164 valence electrons. The SMILES string of the molecule is Cc1cccc(Oc2ccc(NC(=O)CSc3nnc(-n4nc(C)cc4C)n3N)cc2)c1. The molecule has 4 rings (SSSR count). The van der Waals surface area contributed by atoms with Gasteiger partial charge in [-0.3, -0.25) is 4.79 Å². The fourth-order valence-corrected chi connectivity index (χ4v) is 3.74. The first kappa shape index (κ1) is 21.4. The lowest BCUT2D eigenvalue weighted by Crippen LogP contribution is -2.18. The van der Waals surface area contributed by atoms with Crippen LogP contribution in [-0.2, 0) is 4.79 Å². The molecule has 0 radical (unpaired) electrons. The van der Waals surface area contributed by atoms with Crippen molar-refractivity contribution in [3.8, 4) is 17.4 Å². The van der Waals surface area contributed by atoms with E-state index in [1.807, 2.05) is 63.2 Å². The van der Waals surface area contributed by atoms with Crippen LogP contribution in [0.3, 0.4) is 0 Å². The number of carbonyl (C=O) groups excluding carboxylic acids is 1. The van der Waals surface area contributed by atoms with Gasteiger partial charge in [-0.05, 0) is 68.8 Å². The number of nitrogens with one attached hydrogen (secondary N) is 1. The van der Waals surface area contributed by atoms with Crippen LogP contribution in [0.5, 0.6) is 11.5 Å². The molecule has 2 heterocycles. The van der Waals surface area contributed by atoms with Crippen molar-refractivity contribution >= 4 is 23.4 Å². The molecule has 0 unspecified atom stereocenters. The van der Waals surface area contributed by atoms with E-state index in [2.05, 4.69) is 20.6 Å². The Labute approximate surface area is 189 Å². The monoisotopic (exact) mass is 449 g/mol. The fraction of sp³-hybridized carbons (Fsp3) is 0.182. The molecule has 10 heteroatoms. The van der Waals surface area contributed by atoms with Crippen molar-refractivity contribution < 1.29 is 9.53 Å². The smallest absolute Gasteiger partial charge is 0.271 e. The van der Waals surface area contributed by atoms with E-state index in [4.69, 9.17) is 10.6 Å². The molecule has 1 amide bonds. The van der Waals surface area contributed by atoms with Crippen LogP contribution < -0.4 is 15.9 Å². The quantitative estimate of drug-likeness (QED) is 0.327. The Balaban J connectivity index is 1.33. The van der Waals surface area contributed by atoms with Gasteiger partial charge in [0.2, 0.25) is 11.1 Å². The number of thioether (sulfide) groups is 1. The average molecular weight is 450 g/mol. The zero-order chi connectivity index (χ0) is 22.7. The number of nitrogens with zero attached hydrogens (tertiary/aromatic N) is 5. The number of amides is 1. The molecule has 9 nitrogen and oxygen atoms in total. The van der Waals surface area contributed by atoms with Gasteiger partial charge >= 0.3 is 0 Å². The second-order valence-corrected chi connectivity index (χ2v) is 8.21. The topological polar surface area (TPSA) is 113 Å². The first-order chi connectivity index (χ1) is 15.4. The van der Waals surface area contributed by atoms with Crippen LogP contribution >= 0.6 is 11.8 Å². The van der Waals surface area contributed by atoms with E-state index in [-0.39, 0.29) is 11.7 Å². The molecule has 0 aliphatic heterocycles. The van der Waals surface area contributed by atoms with E-state index < -0.39 is 0 Å². The van der Waals surface area contributed by atoms with E-state index in [9.17, 15) is 4.79 Å². The van der Waals surface area contributed by atoms with Gasteiger partial charge in [-0.1, -0.05) is 23.9 Å². The minimum Gasteiger partial charge on any atom is -0.457 e. The predicted octanol–water partition coefficient (Wildman–Crippen LogP) is 3.63. The second-order valence-electron chi connectivity index (χ2n) is 7.27. The summed E-state index contributed by atoms with van der Waals surface area (Å²) in [6.45, 7) is 5.81. The van der Waals surface area contributed by atoms with Gasteiger partial charge in [-0.25, -0.2) is 9.36 Å². The highest BCUT2D eigenvalue weighted by molar-refractivity contribution is 7.99. The van der Waals surface area contributed by atoms with Gasteiger partial charge in [-0.15, -0.1) is 10.2 Å². The van der Waals surface area contributed by atoms with Crippen LogP contribution in [0.4, 0.5) is 5.69 Å². The zero-order valence-electron chi connectivity index (χ0n) is 17.9. The highest BCUT2D eigenvalue weighted by Gasteiger charge is 2.16. The molecular weight excluding hydrogens is 426 g/mol. The van der Waals surface area contributed by atoms with Crippen molar-refractivity contribution in [1.29, 1.82) is 0 Å². The third-order valence-electron chi connectivity index (χ3n) is 4.54. The lowest BCUT2D eigenvalue weighted by molar-refractivity contribution is -0.113. The maximum absolute atomic E-state index is 12.4. The van der Waals surface area contributed by atoms with E-state index in [0.29, 0.717) is 22.5 Å². The highest BCUT2D eigenvalue weighted by atomic mass is 32.2. The molecule has 32 heavy (non-hydrogen) atoms. The van der Waals surface area contributed by atoms with Gasteiger partial charge in [0.1, 0.15) is 11.5 Å². The number of hydrogen-bond acceptors (Lipinski definition) is 7. The number of nitrogens with two attached hydrogens (primary N) is 1. The fourth-order valence-electron chi connectivity index (χ4n) is 3.09. The van der Waals surface area contributed by atoms with Crippen molar-refractivity contribution in [2.24, 2.45) is 0 Å². The largest absolute Gasteiger partial charge is 0.457 e. The average Bonchev–Trinajstić information content (AvgIpc) is 3.28. The number of carbonyl (C=O) groups is 1. The summed E-state index contributed by atoms with van der Waals surface area (Å²) in [6.07, 6.45) is 0. The molecular formula is C22H23N7O2S. The van der Waals surface area contributed by atoms with E-state index in [0.717, 1.165) is 22.7 Å². The summed E-state index contributed by atoms with van der Waals surface area (Å²) in [7, 11) is 0. The molecule has 0 bridgehead atoms. The van der Waals surface area contributed by atoms with Crippen LogP contribution in [0.25, 0.3) is 5.95 Å². The molecule has 0 aliphatic rings. The van der Waals surface area contributed by atoms with Crippen molar-refractivity contribution in [1.82, 2.24) is 24.7 Å². The number of nitrogen functional groups attached to an aromatic ring is 1. The highest BCUT2D eigenvalue weighted by Crippen LogP contribution is 2.24. The molecule has 0 aliphatic carbocycles. The van der Waals surface area contributed by atoms with E-state index >= 15 is 0 Å². The molecule has 0 saturated carbocycles. The molecule has 2 aromatic carbocycles. The maximum atomic E-state index is 12.4. The van der Waals surface area contributed by atoms with Crippen LogP contribution in [0.15, 0.2) is 59.8 Å². The number of ether oxygens (including phenoxy) is 1. The molecule has 4 aromatic rings. The third kappa shape index (κ3) is 4.92. The standard InChI is InChI=1S/C22H23N7O2S/c1-14-5-4-6-19(11-14)31-18-9-7-17(8-10-18)24-20(30)13-32-22-26-25-21(28(22)23)29-16(3)12-15(2)27-29/h4-12H,13,23H2,1-3H3,(H,24,30). The maximum Gasteiger partial charge on any atom is 0.271 e. The summed E-state index contributed by atoms with van der Waals surface area (Å²) < 4.78 is 8.78. The molecule has 3 N–H and O–H groups in total.